The van der Waals surface area contributed by atoms with Gasteiger partial charge in [-0.15, -0.1) is 0 Å². The minimum atomic E-state index is 0.0838. The molecule has 1 saturated heterocycles. The number of nitrogens with zero attached hydrogens (tertiary/aromatic N) is 3. The number of nitrogens with one attached hydrogen (secondary N) is 2. The van der Waals surface area contributed by atoms with Crippen molar-refractivity contribution in [3.05, 3.63) is 71.3 Å². The summed E-state index contributed by atoms with van der Waals surface area (Å²) in [5.41, 5.74) is 3.18. The van der Waals surface area contributed by atoms with Gasteiger partial charge in [-0.25, -0.2) is 4.99 Å². The zero-order chi connectivity index (χ0) is 23.6. The average Bonchev–Trinajstić information content (AvgIpc) is 3.17. The molecule has 0 bridgehead atoms. The molecule has 2 unspecified atom stereocenters. The summed E-state index contributed by atoms with van der Waals surface area (Å²) in [6, 6.07) is 19.4. The van der Waals surface area contributed by atoms with Crippen molar-refractivity contribution in [2.24, 2.45) is 4.99 Å². The van der Waals surface area contributed by atoms with E-state index < -0.39 is 0 Å². The fourth-order valence-corrected chi connectivity index (χ4v) is 4.37. The SMILES string of the molecule is CCNC(=NCc1ccc(C(=O)N(CC)CC)cc1)NC1CC(C)N(Cc2ccccc2)C1. The Labute approximate surface area is 199 Å². The highest BCUT2D eigenvalue weighted by Crippen LogP contribution is 2.20. The first-order chi connectivity index (χ1) is 16.0. The molecule has 1 heterocycles. The molecule has 2 atom stereocenters. The summed E-state index contributed by atoms with van der Waals surface area (Å²) in [5.74, 6) is 0.931. The van der Waals surface area contributed by atoms with Crippen molar-refractivity contribution in [2.45, 2.75) is 59.3 Å². The average molecular weight is 450 g/mol. The lowest BCUT2D eigenvalue weighted by atomic mass is 10.1. The molecule has 1 fully saturated rings. The number of amides is 1. The zero-order valence-electron chi connectivity index (χ0n) is 20.6. The lowest BCUT2D eigenvalue weighted by molar-refractivity contribution is 0.0773. The molecular weight excluding hydrogens is 410 g/mol. The van der Waals surface area contributed by atoms with Crippen molar-refractivity contribution in [1.82, 2.24) is 20.4 Å². The van der Waals surface area contributed by atoms with Crippen LogP contribution in [0, 0.1) is 0 Å². The second-order valence-electron chi connectivity index (χ2n) is 8.71. The van der Waals surface area contributed by atoms with Gasteiger partial charge >= 0.3 is 0 Å². The van der Waals surface area contributed by atoms with Gasteiger partial charge in [-0.3, -0.25) is 9.69 Å². The van der Waals surface area contributed by atoms with Gasteiger partial charge in [0.25, 0.3) is 5.91 Å². The molecule has 33 heavy (non-hydrogen) atoms. The van der Waals surface area contributed by atoms with Crippen LogP contribution < -0.4 is 10.6 Å². The number of aliphatic imine (C=N–C) groups is 1. The van der Waals surface area contributed by atoms with Crippen LogP contribution in [0.4, 0.5) is 0 Å². The third-order valence-corrected chi connectivity index (χ3v) is 6.29. The maximum atomic E-state index is 12.5. The standard InChI is InChI=1S/C27H39N5O/c1-5-28-27(29-18-22-13-15-24(16-14-22)26(33)31(6-2)7-3)30-25-17-21(4)32(20-25)19-23-11-9-8-10-12-23/h8-16,21,25H,5-7,17-20H2,1-4H3,(H2,28,29,30). The van der Waals surface area contributed by atoms with E-state index in [0.717, 1.165) is 56.2 Å². The maximum Gasteiger partial charge on any atom is 0.253 e. The van der Waals surface area contributed by atoms with Gasteiger partial charge in [-0.2, -0.15) is 0 Å². The highest BCUT2D eigenvalue weighted by molar-refractivity contribution is 5.94. The molecule has 0 saturated carbocycles. The molecule has 0 spiro atoms. The number of rotatable bonds is 9. The van der Waals surface area contributed by atoms with Crippen LogP contribution in [0.25, 0.3) is 0 Å². The van der Waals surface area contributed by atoms with Crippen LogP contribution in [-0.4, -0.2) is 59.9 Å². The normalized spacial score (nSPS) is 18.8. The van der Waals surface area contributed by atoms with E-state index in [1.807, 2.05) is 43.0 Å². The monoisotopic (exact) mass is 449 g/mol. The minimum Gasteiger partial charge on any atom is -0.357 e. The van der Waals surface area contributed by atoms with Crippen LogP contribution in [-0.2, 0) is 13.1 Å². The fourth-order valence-electron chi connectivity index (χ4n) is 4.37. The number of hydrogen-bond donors (Lipinski definition) is 2. The Hall–Kier alpha value is -2.86. The summed E-state index contributed by atoms with van der Waals surface area (Å²) in [6.07, 6.45) is 1.10. The van der Waals surface area contributed by atoms with Crippen LogP contribution in [0.2, 0.25) is 0 Å². The first kappa shape index (κ1) is 24.8. The Morgan fingerprint density at radius 1 is 1.03 bits per heavy atom. The van der Waals surface area contributed by atoms with E-state index in [9.17, 15) is 4.79 Å². The fraction of sp³-hybridized carbons (Fsp3) is 0.481. The lowest BCUT2D eigenvalue weighted by Crippen LogP contribution is -2.44. The zero-order valence-corrected chi connectivity index (χ0v) is 20.6. The summed E-state index contributed by atoms with van der Waals surface area (Å²) in [5, 5.41) is 7.01. The van der Waals surface area contributed by atoms with Gasteiger partial charge in [0.05, 0.1) is 6.54 Å². The molecule has 0 aliphatic carbocycles. The van der Waals surface area contributed by atoms with Crippen LogP contribution >= 0.6 is 0 Å². The van der Waals surface area contributed by atoms with Gasteiger partial charge in [0.15, 0.2) is 5.96 Å². The second-order valence-corrected chi connectivity index (χ2v) is 8.71. The van der Waals surface area contributed by atoms with Crippen molar-refractivity contribution in [3.8, 4) is 0 Å². The smallest absolute Gasteiger partial charge is 0.253 e. The topological polar surface area (TPSA) is 60.0 Å². The minimum absolute atomic E-state index is 0.0838. The van der Waals surface area contributed by atoms with E-state index in [1.54, 1.807) is 0 Å². The van der Waals surface area contributed by atoms with Crippen LogP contribution in [0.15, 0.2) is 59.6 Å². The number of benzene rings is 2. The van der Waals surface area contributed by atoms with Gasteiger partial charge in [-0.05, 0) is 57.4 Å². The van der Waals surface area contributed by atoms with Crippen LogP contribution in [0.3, 0.4) is 0 Å². The van der Waals surface area contributed by atoms with Gasteiger partial charge in [0.2, 0.25) is 0 Å². The Morgan fingerprint density at radius 3 is 2.36 bits per heavy atom. The largest absolute Gasteiger partial charge is 0.357 e. The molecule has 6 heteroatoms. The Morgan fingerprint density at radius 2 is 1.73 bits per heavy atom. The molecule has 1 aliphatic rings. The van der Waals surface area contributed by atoms with E-state index in [2.05, 4.69) is 59.7 Å². The molecule has 2 aromatic rings. The molecule has 3 rings (SSSR count). The maximum absolute atomic E-state index is 12.5. The third kappa shape index (κ3) is 7.06. The summed E-state index contributed by atoms with van der Waals surface area (Å²) in [6.45, 7) is 13.2. The number of carbonyl (C=O) groups is 1. The number of guanidine groups is 1. The molecule has 178 valence electrons. The summed E-state index contributed by atoms with van der Waals surface area (Å²) >= 11 is 0. The highest BCUT2D eigenvalue weighted by Gasteiger charge is 2.29. The summed E-state index contributed by atoms with van der Waals surface area (Å²) in [4.78, 5) is 21.7. The number of likely N-dealkylation sites (tertiary alicyclic amines) is 1. The Kier molecular flexibility index (Phi) is 9.31. The second kappa shape index (κ2) is 12.4. The predicted molar refractivity (Wildman–Crippen MR) is 136 cm³/mol. The van der Waals surface area contributed by atoms with Crippen molar-refractivity contribution in [2.75, 3.05) is 26.2 Å². The van der Waals surface area contributed by atoms with E-state index >= 15 is 0 Å². The van der Waals surface area contributed by atoms with E-state index in [-0.39, 0.29) is 5.91 Å². The molecular formula is C27H39N5O. The van der Waals surface area contributed by atoms with Gasteiger partial charge < -0.3 is 15.5 Å². The summed E-state index contributed by atoms with van der Waals surface area (Å²) < 4.78 is 0. The first-order valence-electron chi connectivity index (χ1n) is 12.2. The molecule has 1 amide bonds. The van der Waals surface area contributed by atoms with Crippen molar-refractivity contribution >= 4 is 11.9 Å². The van der Waals surface area contributed by atoms with Crippen molar-refractivity contribution in [1.29, 1.82) is 0 Å². The van der Waals surface area contributed by atoms with Crippen LogP contribution in [0.5, 0.6) is 0 Å². The molecule has 0 aromatic heterocycles. The molecule has 2 N–H and O–H groups in total. The van der Waals surface area contributed by atoms with Crippen molar-refractivity contribution < 1.29 is 4.79 Å². The molecule has 6 nitrogen and oxygen atoms in total. The van der Waals surface area contributed by atoms with Gasteiger partial charge in [0, 0.05) is 50.4 Å². The predicted octanol–water partition coefficient (Wildman–Crippen LogP) is 3.89. The van der Waals surface area contributed by atoms with Crippen LogP contribution in [0.1, 0.15) is 55.6 Å². The van der Waals surface area contributed by atoms with Gasteiger partial charge in [0.1, 0.15) is 0 Å². The first-order valence-corrected chi connectivity index (χ1v) is 12.2. The number of hydrogen-bond acceptors (Lipinski definition) is 3. The van der Waals surface area contributed by atoms with Crippen molar-refractivity contribution in [3.63, 3.8) is 0 Å². The highest BCUT2D eigenvalue weighted by atomic mass is 16.2. The van der Waals surface area contributed by atoms with Gasteiger partial charge in [-0.1, -0.05) is 42.5 Å². The number of carbonyl (C=O) groups excluding carboxylic acids is 1. The third-order valence-electron chi connectivity index (χ3n) is 6.29. The lowest BCUT2D eigenvalue weighted by Gasteiger charge is -2.21. The van der Waals surface area contributed by atoms with E-state index in [1.165, 1.54) is 5.56 Å². The molecule has 1 aliphatic heterocycles. The molecule has 2 aromatic carbocycles. The summed E-state index contributed by atoms with van der Waals surface area (Å²) in [7, 11) is 0. The Balaban J connectivity index is 1.57. The molecule has 0 radical (unpaired) electrons. The van der Waals surface area contributed by atoms with E-state index in [0.29, 0.717) is 18.6 Å². The quantitative estimate of drug-likeness (QED) is 0.450. The van der Waals surface area contributed by atoms with E-state index in [4.69, 9.17) is 4.99 Å². The Bertz CT molecular complexity index is 892.